The highest BCUT2D eigenvalue weighted by Crippen LogP contribution is 2.47. The maximum Gasteiger partial charge on any atom is 0.188 e. The Bertz CT molecular complexity index is 1730. The van der Waals surface area contributed by atoms with Crippen LogP contribution in [0.1, 0.15) is 136 Å². The second-order valence-electron chi connectivity index (χ2n) is 16.3. The number of halogens is 1. The number of aromatic amines is 1. The number of phenols is 1. The quantitative estimate of drug-likeness (QED) is 0.192. The summed E-state index contributed by atoms with van der Waals surface area (Å²) in [5, 5.41) is 11.5. The average Bonchev–Trinajstić information content (AvgIpc) is 3.79. The van der Waals surface area contributed by atoms with Crippen molar-refractivity contribution in [1.29, 1.82) is 0 Å². The Morgan fingerprint density at radius 1 is 0.750 bits per heavy atom. The van der Waals surface area contributed by atoms with E-state index < -0.39 is 0 Å². The molecule has 0 aliphatic heterocycles. The number of rotatable bonds is 6. The summed E-state index contributed by atoms with van der Waals surface area (Å²) in [7, 11) is 1.57. The molecule has 1 unspecified atom stereocenters. The number of phenolic OH excluding ortho intramolecular Hbond substituents is 1. The molecule has 278 valence electrons. The van der Waals surface area contributed by atoms with Crippen molar-refractivity contribution < 1.29 is 14.6 Å². The molecule has 9 rings (SSSR count). The van der Waals surface area contributed by atoms with Crippen molar-refractivity contribution in [3.05, 3.63) is 99.2 Å². The van der Waals surface area contributed by atoms with E-state index >= 15 is 0 Å². The van der Waals surface area contributed by atoms with Crippen molar-refractivity contribution >= 4 is 32.4 Å². The predicted octanol–water partition coefficient (Wildman–Crippen LogP) is 13.4. The predicted molar refractivity (Wildman–Crippen MR) is 219 cm³/mol. The molecule has 4 fully saturated rings. The van der Waals surface area contributed by atoms with Gasteiger partial charge in [0.15, 0.2) is 18.3 Å². The largest absolute Gasteiger partial charge is 0.504 e. The lowest BCUT2D eigenvalue weighted by Crippen LogP contribution is -2.22. The number of aromatic hydroxyl groups is 1. The number of hydrogen-bond acceptors (Lipinski definition) is 3. The molecule has 0 spiro atoms. The fourth-order valence-electron chi connectivity index (χ4n) is 10.3. The molecule has 4 nitrogen and oxygen atoms in total. The summed E-state index contributed by atoms with van der Waals surface area (Å²) in [6, 6.07) is 18.6. The topological polar surface area (TPSA) is 54.5 Å². The standard InChI is InChI=1S/C27H24BrNO3.2C10H18/c1-16-3-9-24-22(11-16)23(14-29-24)27(18-6-10-25(30)26(12-18)32-15-31-2)20-8-5-17-4-7-19(28)13-21(17)20;2*1-2-6-10-8-4-3-7-9(10)5-1/h3-4,6-14,27,29-30H,5,15H2,1-2H3;2*9-10H,1-8H2. The van der Waals surface area contributed by atoms with Crippen LogP contribution in [0.4, 0.5) is 0 Å². The normalized spacial score (nSPS) is 24.2. The number of nitrogens with one attached hydrogen (secondary N) is 1. The van der Waals surface area contributed by atoms with Crippen LogP contribution in [-0.2, 0) is 11.2 Å². The Kier molecular flexibility index (Phi) is 12.8. The number of benzene rings is 3. The highest BCUT2D eigenvalue weighted by molar-refractivity contribution is 9.10. The molecule has 2 N–H and O–H groups in total. The van der Waals surface area contributed by atoms with E-state index in [1.54, 1.807) is 64.5 Å². The van der Waals surface area contributed by atoms with Crippen LogP contribution in [0.5, 0.6) is 11.5 Å². The Balaban J connectivity index is 0.000000168. The van der Waals surface area contributed by atoms with Crippen molar-refractivity contribution in [3.63, 3.8) is 0 Å². The van der Waals surface area contributed by atoms with Crippen LogP contribution in [0.25, 0.3) is 16.5 Å². The maximum atomic E-state index is 10.3. The molecule has 0 bridgehead atoms. The van der Waals surface area contributed by atoms with E-state index in [0.717, 1.165) is 45.6 Å². The van der Waals surface area contributed by atoms with Crippen molar-refractivity contribution in [1.82, 2.24) is 4.98 Å². The van der Waals surface area contributed by atoms with Gasteiger partial charge in [-0.2, -0.15) is 0 Å². The Hall–Kier alpha value is -3.02. The van der Waals surface area contributed by atoms with Gasteiger partial charge in [0, 0.05) is 34.6 Å². The van der Waals surface area contributed by atoms with E-state index in [2.05, 4.69) is 76.5 Å². The zero-order chi connectivity index (χ0) is 35.9. The smallest absolute Gasteiger partial charge is 0.188 e. The molecule has 1 aromatic heterocycles. The third-order valence-corrected chi connectivity index (χ3v) is 13.5. The van der Waals surface area contributed by atoms with Gasteiger partial charge in [0.25, 0.3) is 0 Å². The minimum atomic E-state index is -0.0217. The first-order chi connectivity index (χ1) is 25.5. The van der Waals surface area contributed by atoms with Crippen LogP contribution in [0, 0.1) is 30.6 Å². The molecular weight excluding hydrogens is 706 g/mol. The highest BCUT2D eigenvalue weighted by atomic mass is 79.9. The van der Waals surface area contributed by atoms with Crippen molar-refractivity contribution in [3.8, 4) is 11.5 Å². The minimum Gasteiger partial charge on any atom is -0.504 e. The highest BCUT2D eigenvalue weighted by Gasteiger charge is 2.30. The van der Waals surface area contributed by atoms with E-state index in [-0.39, 0.29) is 18.5 Å². The molecular formula is C47H60BrNO3. The van der Waals surface area contributed by atoms with Gasteiger partial charge in [0.05, 0.1) is 0 Å². The first kappa shape index (κ1) is 37.3. The Morgan fingerprint density at radius 2 is 1.35 bits per heavy atom. The number of hydrogen-bond donors (Lipinski definition) is 2. The number of aromatic nitrogens is 1. The van der Waals surface area contributed by atoms with Crippen LogP contribution < -0.4 is 4.74 Å². The molecule has 5 aliphatic rings. The van der Waals surface area contributed by atoms with Gasteiger partial charge >= 0.3 is 0 Å². The van der Waals surface area contributed by atoms with Crippen molar-refractivity contribution in [2.75, 3.05) is 13.9 Å². The van der Waals surface area contributed by atoms with Gasteiger partial charge in [-0.3, -0.25) is 0 Å². The minimum absolute atomic E-state index is 0.0217. The van der Waals surface area contributed by atoms with Crippen LogP contribution >= 0.6 is 15.9 Å². The van der Waals surface area contributed by atoms with E-state index in [1.165, 1.54) is 84.6 Å². The average molecular weight is 767 g/mol. The monoisotopic (exact) mass is 765 g/mol. The third kappa shape index (κ3) is 8.84. The number of methoxy groups -OCH3 is 1. The number of aryl methyl sites for hydroxylation is 1. The Labute approximate surface area is 320 Å². The molecule has 4 saturated carbocycles. The molecule has 0 saturated heterocycles. The molecule has 4 aromatic rings. The third-order valence-electron chi connectivity index (χ3n) is 13.0. The molecule has 3 aromatic carbocycles. The summed E-state index contributed by atoms with van der Waals surface area (Å²) in [5.74, 6) is 5.11. The molecule has 1 atom stereocenters. The van der Waals surface area contributed by atoms with Gasteiger partial charge in [0.2, 0.25) is 0 Å². The lowest BCUT2D eigenvalue weighted by molar-refractivity contribution is 0.0491. The molecule has 0 radical (unpaired) electrons. The zero-order valence-corrected chi connectivity index (χ0v) is 33.2. The van der Waals surface area contributed by atoms with Gasteiger partial charge < -0.3 is 19.6 Å². The maximum absolute atomic E-state index is 10.3. The first-order valence-electron chi connectivity index (χ1n) is 20.5. The number of H-pyrrole nitrogens is 1. The van der Waals surface area contributed by atoms with E-state index in [9.17, 15) is 5.11 Å². The van der Waals surface area contributed by atoms with Crippen molar-refractivity contribution in [2.24, 2.45) is 23.7 Å². The number of ether oxygens (including phenoxy) is 2. The van der Waals surface area contributed by atoms with Crippen LogP contribution in [0.3, 0.4) is 0 Å². The van der Waals surface area contributed by atoms with E-state index in [1.807, 2.05) is 12.1 Å². The SMILES string of the molecule is C1CCC2CCCCC2C1.C1CCC2CCCCC2C1.COCOc1cc(C(C2=CCc3ccc(Br)cc32)c2c[nH]c3ccc(C)cc23)ccc1O. The number of allylic oxidation sites excluding steroid dienone is 2. The summed E-state index contributed by atoms with van der Waals surface area (Å²) in [4.78, 5) is 3.45. The molecule has 0 amide bonds. The summed E-state index contributed by atoms with van der Waals surface area (Å²) in [5.41, 5.74) is 8.40. The molecule has 1 heterocycles. The molecule has 5 aliphatic carbocycles. The molecule has 5 heteroatoms. The second kappa shape index (κ2) is 17.9. The van der Waals surface area contributed by atoms with Gasteiger partial charge in [-0.05, 0) is 101 Å². The van der Waals surface area contributed by atoms with Gasteiger partial charge in [-0.15, -0.1) is 0 Å². The summed E-state index contributed by atoms with van der Waals surface area (Å²) < 4.78 is 11.8. The van der Waals surface area contributed by atoms with Gasteiger partial charge in [0.1, 0.15) is 0 Å². The summed E-state index contributed by atoms with van der Waals surface area (Å²) in [6.45, 7) is 2.19. The Morgan fingerprint density at radius 3 is 1.92 bits per heavy atom. The fraction of sp³-hybridized carbons (Fsp3) is 0.532. The molecule has 52 heavy (non-hydrogen) atoms. The van der Waals surface area contributed by atoms with Crippen LogP contribution in [0.15, 0.2) is 71.3 Å². The zero-order valence-electron chi connectivity index (χ0n) is 31.6. The van der Waals surface area contributed by atoms with E-state index in [4.69, 9.17) is 9.47 Å². The van der Waals surface area contributed by atoms with Gasteiger partial charge in [-0.25, -0.2) is 0 Å². The van der Waals surface area contributed by atoms with Gasteiger partial charge in [-0.1, -0.05) is 149 Å². The van der Waals surface area contributed by atoms with Crippen LogP contribution in [-0.4, -0.2) is 24.0 Å². The summed E-state index contributed by atoms with van der Waals surface area (Å²) >= 11 is 3.65. The fourth-order valence-corrected chi connectivity index (χ4v) is 10.6. The lowest BCUT2D eigenvalue weighted by Gasteiger charge is -2.35. The van der Waals surface area contributed by atoms with Crippen LogP contribution in [0.2, 0.25) is 0 Å². The summed E-state index contributed by atoms with van der Waals surface area (Å²) in [6.07, 6.45) is 30.0. The first-order valence-corrected chi connectivity index (χ1v) is 21.3. The van der Waals surface area contributed by atoms with E-state index in [0.29, 0.717) is 5.75 Å². The lowest BCUT2D eigenvalue weighted by atomic mass is 9.71. The van der Waals surface area contributed by atoms with Crippen molar-refractivity contribution in [2.45, 2.75) is 122 Å². The number of fused-ring (bicyclic) bond motifs is 4. The second-order valence-corrected chi connectivity index (χ2v) is 17.3.